The van der Waals surface area contributed by atoms with Gasteiger partial charge in [-0.15, -0.1) is 0 Å². The summed E-state index contributed by atoms with van der Waals surface area (Å²) in [6.07, 6.45) is 9.08. The van der Waals surface area contributed by atoms with Crippen LogP contribution < -0.4 is 5.46 Å². The topological polar surface area (TPSA) is 104 Å². The number of hydrogen-bond donors (Lipinski definition) is 4. The van der Waals surface area contributed by atoms with Crippen LogP contribution in [0.1, 0.15) is 78.6 Å². The molecule has 0 bridgehead atoms. The van der Waals surface area contributed by atoms with E-state index in [1.807, 2.05) is 42.5 Å². The molecule has 0 amide bonds. The number of carbonyl (C=O) groups excluding carboxylic acids is 1. The van der Waals surface area contributed by atoms with Crippen molar-refractivity contribution in [3.8, 4) is 0 Å². The Bertz CT molecular complexity index is 2150. The minimum Gasteiger partial charge on any atom is -0.423 e. The molecule has 0 fully saturated rings. The first-order valence-electron chi connectivity index (χ1n) is 19.7. The van der Waals surface area contributed by atoms with E-state index in [-0.39, 0.29) is 11.7 Å². The highest BCUT2D eigenvalue weighted by molar-refractivity contribution is 6.59. The molecule has 7 nitrogen and oxygen atoms in total. The van der Waals surface area contributed by atoms with Crippen LogP contribution in [-0.4, -0.2) is 69.6 Å². The van der Waals surface area contributed by atoms with Crippen LogP contribution in [-0.2, 0) is 19.6 Å². The molecule has 0 radical (unpaired) electrons. The molecule has 1 aliphatic carbocycles. The number of Topliss-reactive ketones (excluding diaryl/α,β-unsaturated/α-hetero) is 1. The normalized spacial score (nSPS) is 14.5. The molecule has 5 aromatic rings. The second-order valence-electron chi connectivity index (χ2n) is 15.4. The molecule has 0 heterocycles. The van der Waals surface area contributed by atoms with Crippen LogP contribution in [0.3, 0.4) is 0 Å². The van der Waals surface area contributed by atoms with Crippen molar-refractivity contribution >= 4 is 47.0 Å². The van der Waals surface area contributed by atoms with Crippen molar-refractivity contribution < 1.29 is 24.9 Å². The Balaban J connectivity index is 1.18. The van der Waals surface area contributed by atoms with Crippen LogP contribution in [0.5, 0.6) is 0 Å². The monoisotopic (exact) mass is 736 g/mol. The van der Waals surface area contributed by atoms with Crippen molar-refractivity contribution in [2.24, 2.45) is 5.92 Å². The lowest BCUT2D eigenvalue weighted by Gasteiger charge is -2.28. The Labute approximate surface area is 326 Å². The molecule has 1 unspecified atom stereocenters. The fourth-order valence-electron chi connectivity index (χ4n) is 7.92. The average Bonchev–Trinajstić information content (AvgIpc) is 3.17. The zero-order valence-corrected chi connectivity index (χ0v) is 32.5. The molecule has 4 N–H and O–H groups in total. The number of aryl methyl sites for hydroxylation is 1. The lowest BCUT2D eigenvalue weighted by atomic mass is 9.70. The van der Waals surface area contributed by atoms with Gasteiger partial charge in [0.05, 0.1) is 0 Å². The lowest BCUT2D eigenvalue weighted by molar-refractivity contribution is 0.101. The van der Waals surface area contributed by atoms with Gasteiger partial charge in [-0.3, -0.25) is 14.6 Å². The summed E-state index contributed by atoms with van der Waals surface area (Å²) < 4.78 is 0. The fourth-order valence-corrected chi connectivity index (χ4v) is 7.92. The van der Waals surface area contributed by atoms with Crippen LogP contribution in [0.15, 0.2) is 120 Å². The number of unbranched alkanes of at least 4 members (excludes halogenated alkanes) is 3. The first-order chi connectivity index (χ1) is 26.5. The van der Waals surface area contributed by atoms with Gasteiger partial charge in [0.25, 0.3) is 0 Å². The minimum absolute atomic E-state index is 0.0405. The number of fused-ring (bicyclic) bond motifs is 2. The minimum atomic E-state index is -1.53. The van der Waals surface area contributed by atoms with Gasteiger partial charge in [0, 0.05) is 31.7 Å². The summed E-state index contributed by atoms with van der Waals surface area (Å²) in [5.41, 5.74) is 7.34. The Morgan fingerprint density at radius 2 is 1.38 bits per heavy atom. The predicted molar refractivity (Wildman–Crippen MR) is 227 cm³/mol. The van der Waals surface area contributed by atoms with Crippen LogP contribution in [0, 0.1) is 12.8 Å². The Morgan fingerprint density at radius 3 is 2.09 bits per heavy atom. The molecule has 0 spiro atoms. The Hall–Kier alpha value is -4.34. The third-order valence-corrected chi connectivity index (χ3v) is 11.0. The SMILES string of the molecule is CC(=O)c1ccc2cc3ccccc3c(CN(CCCCCCN(Cc3ccc(C)cc3)Cc3ccccc3B(O)O)CC3=CCC(C)C=C3B(O)O)c2c1. The van der Waals surface area contributed by atoms with Crippen LogP contribution in [0.4, 0.5) is 0 Å². The highest BCUT2D eigenvalue weighted by Gasteiger charge is 2.25. The fraction of sp³-hybridized carbons (Fsp3) is 0.326. The van der Waals surface area contributed by atoms with Gasteiger partial charge in [0.2, 0.25) is 0 Å². The molecule has 1 aliphatic rings. The number of rotatable bonds is 18. The van der Waals surface area contributed by atoms with Gasteiger partial charge in [-0.2, -0.15) is 0 Å². The van der Waals surface area contributed by atoms with Gasteiger partial charge in [0.15, 0.2) is 5.78 Å². The number of benzene rings is 5. The molecule has 5 aromatic carbocycles. The van der Waals surface area contributed by atoms with Crippen molar-refractivity contribution in [1.29, 1.82) is 0 Å². The third-order valence-electron chi connectivity index (χ3n) is 11.0. The molecule has 55 heavy (non-hydrogen) atoms. The van der Waals surface area contributed by atoms with Crippen molar-refractivity contribution in [2.75, 3.05) is 19.6 Å². The van der Waals surface area contributed by atoms with E-state index in [0.717, 1.165) is 84.4 Å². The largest absolute Gasteiger partial charge is 0.488 e. The van der Waals surface area contributed by atoms with Gasteiger partial charge in [0.1, 0.15) is 0 Å². The molecule has 0 aliphatic heterocycles. The first-order valence-corrected chi connectivity index (χ1v) is 19.7. The third kappa shape index (κ3) is 10.7. The van der Waals surface area contributed by atoms with Crippen LogP contribution in [0.2, 0.25) is 0 Å². The van der Waals surface area contributed by atoms with Gasteiger partial charge in [-0.1, -0.05) is 122 Å². The Kier molecular flexibility index (Phi) is 13.9. The molecular formula is C46H54B2N2O5. The predicted octanol–water partition coefficient (Wildman–Crippen LogP) is 7.15. The molecular weight excluding hydrogens is 682 g/mol. The summed E-state index contributed by atoms with van der Waals surface area (Å²) in [4.78, 5) is 17.3. The van der Waals surface area contributed by atoms with E-state index in [0.29, 0.717) is 36.1 Å². The lowest BCUT2D eigenvalue weighted by Crippen LogP contribution is -2.36. The van der Waals surface area contributed by atoms with Gasteiger partial charge in [-0.05, 0) is 119 Å². The summed E-state index contributed by atoms with van der Waals surface area (Å²) in [6, 6.07) is 32.8. The van der Waals surface area contributed by atoms with Gasteiger partial charge < -0.3 is 20.1 Å². The second kappa shape index (κ2) is 19.0. The summed E-state index contributed by atoms with van der Waals surface area (Å²) in [7, 11) is -3.04. The van der Waals surface area contributed by atoms with Crippen molar-refractivity contribution in [3.05, 3.63) is 148 Å². The maximum atomic E-state index is 12.5. The van der Waals surface area contributed by atoms with E-state index >= 15 is 0 Å². The smallest absolute Gasteiger partial charge is 0.423 e. The van der Waals surface area contributed by atoms with Crippen molar-refractivity contribution in [1.82, 2.24) is 9.80 Å². The quantitative estimate of drug-likeness (QED) is 0.0328. The van der Waals surface area contributed by atoms with Gasteiger partial charge >= 0.3 is 14.2 Å². The van der Waals surface area contributed by atoms with E-state index in [2.05, 4.69) is 84.3 Å². The highest BCUT2D eigenvalue weighted by atomic mass is 16.4. The standard InChI is InChI=1S/C46H54B2N2O5/c1-33-16-19-36(20-17-33)29-49(30-40-13-7-9-15-45(40)47(52)53)24-10-4-5-11-25-50(31-41-21-18-34(2)26-46(41)48(54)55)32-44-42-14-8-6-12-38(42)27-39-23-22-37(35(3)51)28-43(39)44/h6-9,12-17,19-23,26-28,34,52-55H,4-5,10-11,18,24-25,29-32H2,1-3H3. The number of nitrogens with zero attached hydrogens (tertiary/aromatic N) is 2. The Morgan fingerprint density at radius 1 is 0.709 bits per heavy atom. The zero-order valence-electron chi connectivity index (χ0n) is 32.5. The summed E-state index contributed by atoms with van der Waals surface area (Å²) in [6.45, 7) is 10.1. The summed E-state index contributed by atoms with van der Waals surface area (Å²) in [5, 5.41) is 45.3. The second-order valence-corrected chi connectivity index (χ2v) is 15.4. The van der Waals surface area contributed by atoms with Crippen molar-refractivity contribution in [2.45, 2.75) is 72.5 Å². The van der Waals surface area contributed by atoms with Gasteiger partial charge in [-0.25, -0.2) is 0 Å². The molecule has 6 rings (SSSR count). The number of ketones is 1. The molecule has 284 valence electrons. The molecule has 1 atom stereocenters. The zero-order chi connectivity index (χ0) is 38.9. The van der Waals surface area contributed by atoms with E-state index in [9.17, 15) is 24.9 Å². The highest BCUT2D eigenvalue weighted by Crippen LogP contribution is 2.32. The maximum Gasteiger partial charge on any atom is 0.488 e. The average molecular weight is 737 g/mol. The van der Waals surface area contributed by atoms with E-state index in [1.165, 1.54) is 16.7 Å². The van der Waals surface area contributed by atoms with E-state index in [4.69, 9.17) is 0 Å². The number of allylic oxidation sites excluding steroid dienone is 2. The molecule has 0 aromatic heterocycles. The number of carbonyl (C=O) groups is 1. The molecule has 0 saturated carbocycles. The summed E-state index contributed by atoms with van der Waals surface area (Å²) in [5.74, 6) is 0.285. The van der Waals surface area contributed by atoms with E-state index in [1.54, 1.807) is 13.0 Å². The molecule has 9 heteroatoms. The van der Waals surface area contributed by atoms with Crippen LogP contribution >= 0.6 is 0 Å². The number of hydrogen-bond acceptors (Lipinski definition) is 7. The summed E-state index contributed by atoms with van der Waals surface area (Å²) >= 11 is 0. The van der Waals surface area contributed by atoms with Crippen molar-refractivity contribution in [3.63, 3.8) is 0 Å². The maximum absolute atomic E-state index is 12.5. The van der Waals surface area contributed by atoms with E-state index < -0.39 is 14.2 Å². The first kappa shape index (κ1) is 40.3. The van der Waals surface area contributed by atoms with Crippen LogP contribution in [0.25, 0.3) is 21.5 Å². The molecule has 0 saturated heterocycles.